The van der Waals surface area contributed by atoms with Gasteiger partial charge in [-0.3, -0.25) is 4.79 Å². The lowest BCUT2D eigenvalue weighted by Crippen LogP contribution is -2.32. The molecule has 0 fully saturated rings. The molecule has 0 aromatic carbocycles. The van der Waals surface area contributed by atoms with Crippen LogP contribution in [0.2, 0.25) is 0 Å². The van der Waals surface area contributed by atoms with Gasteiger partial charge in [-0.15, -0.1) is 0 Å². The van der Waals surface area contributed by atoms with Gasteiger partial charge in [0, 0.05) is 5.92 Å². The molecular formula is C16H16O. The minimum atomic E-state index is 0.0280. The lowest BCUT2D eigenvalue weighted by molar-refractivity contribution is -0.118. The molecule has 0 saturated heterocycles. The van der Waals surface area contributed by atoms with Crippen LogP contribution in [0.5, 0.6) is 0 Å². The molecule has 0 spiro atoms. The normalized spacial score (nSPS) is 40.4. The molecule has 0 radical (unpaired) electrons. The predicted molar refractivity (Wildman–Crippen MR) is 69.3 cm³/mol. The fourth-order valence-electron chi connectivity index (χ4n) is 3.05. The van der Waals surface area contributed by atoms with Crippen LogP contribution in [0.15, 0.2) is 60.8 Å². The zero-order valence-electron chi connectivity index (χ0n) is 9.70. The van der Waals surface area contributed by atoms with Crippen LogP contribution in [0, 0.1) is 23.7 Å². The van der Waals surface area contributed by atoms with E-state index in [4.69, 9.17) is 0 Å². The second kappa shape index (κ2) is 4.33. The number of rotatable bonds is 0. The van der Waals surface area contributed by atoms with E-state index in [0.29, 0.717) is 17.8 Å². The maximum atomic E-state index is 12.1. The third-order valence-electron chi connectivity index (χ3n) is 3.94. The van der Waals surface area contributed by atoms with Gasteiger partial charge in [0.1, 0.15) is 0 Å². The van der Waals surface area contributed by atoms with Crippen molar-refractivity contribution in [1.29, 1.82) is 0 Å². The van der Waals surface area contributed by atoms with Crippen LogP contribution in [0.3, 0.4) is 0 Å². The molecule has 0 N–H and O–H groups in total. The number of hydrogen-bond acceptors (Lipinski definition) is 1. The quantitative estimate of drug-likeness (QED) is 0.617. The second-order valence-corrected chi connectivity index (χ2v) is 4.92. The molecule has 17 heavy (non-hydrogen) atoms. The highest BCUT2D eigenvalue weighted by Crippen LogP contribution is 2.38. The number of carbonyl (C=O) groups excluding carboxylic acids is 1. The molecule has 0 bridgehead atoms. The molecule has 4 atom stereocenters. The number of carbonyl (C=O) groups is 1. The zero-order chi connectivity index (χ0) is 11.7. The summed E-state index contributed by atoms with van der Waals surface area (Å²) in [6.45, 7) is 0. The van der Waals surface area contributed by atoms with Gasteiger partial charge in [-0.1, -0.05) is 54.7 Å². The average Bonchev–Trinajstić information content (AvgIpc) is 2.37. The average molecular weight is 224 g/mol. The highest BCUT2D eigenvalue weighted by atomic mass is 16.1. The van der Waals surface area contributed by atoms with Gasteiger partial charge in [-0.05, 0) is 30.3 Å². The SMILES string of the molecule is O=C1/C=C\CC2C=CC=CC2C2C=CC=CC12. The monoisotopic (exact) mass is 224 g/mol. The van der Waals surface area contributed by atoms with Gasteiger partial charge in [-0.2, -0.15) is 0 Å². The summed E-state index contributed by atoms with van der Waals surface area (Å²) >= 11 is 0. The predicted octanol–water partition coefficient (Wildman–Crippen LogP) is 3.23. The summed E-state index contributed by atoms with van der Waals surface area (Å²) in [6, 6.07) is 0. The zero-order valence-corrected chi connectivity index (χ0v) is 9.70. The number of allylic oxidation sites excluding steroid dienone is 10. The van der Waals surface area contributed by atoms with E-state index in [2.05, 4.69) is 36.5 Å². The van der Waals surface area contributed by atoms with Crippen LogP contribution in [-0.2, 0) is 4.79 Å². The molecule has 0 amide bonds. The van der Waals surface area contributed by atoms with Gasteiger partial charge in [0.25, 0.3) is 0 Å². The summed E-state index contributed by atoms with van der Waals surface area (Å²) < 4.78 is 0. The first-order valence-electron chi connectivity index (χ1n) is 6.26. The Morgan fingerprint density at radius 2 is 1.59 bits per heavy atom. The molecule has 3 aliphatic rings. The maximum absolute atomic E-state index is 12.1. The Kier molecular flexibility index (Phi) is 2.68. The number of hydrogen-bond donors (Lipinski definition) is 0. The first-order valence-corrected chi connectivity index (χ1v) is 6.26. The lowest BCUT2D eigenvalue weighted by Gasteiger charge is -2.35. The van der Waals surface area contributed by atoms with E-state index < -0.39 is 0 Å². The Balaban J connectivity index is 2.00. The third kappa shape index (κ3) is 1.86. The molecule has 0 aromatic rings. The van der Waals surface area contributed by atoms with Crippen LogP contribution in [0.25, 0.3) is 0 Å². The van der Waals surface area contributed by atoms with Crippen LogP contribution < -0.4 is 0 Å². The molecule has 3 rings (SSSR count). The third-order valence-corrected chi connectivity index (χ3v) is 3.94. The Morgan fingerprint density at radius 3 is 2.47 bits per heavy atom. The Hall–Kier alpha value is -1.63. The fraction of sp³-hybridized carbons (Fsp3) is 0.312. The first-order chi connectivity index (χ1) is 8.36. The highest BCUT2D eigenvalue weighted by molar-refractivity contribution is 5.93. The summed E-state index contributed by atoms with van der Waals surface area (Å²) in [7, 11) is 0. The van der Waals surface area contributed by atoms with E-state index in [-0.39, 0.29) is 11.7 Å². The molecule has 1 heteroatoms. The van der Waals surface area contributed by atoms with E-state index in [0.717, 1.165) is 6.42 Å². The Morgan fingerprint density at radius 1 is 0.882 bits per heavy atom. The van der Waals surface area contributed by atoms with Crippen molar-refractivity contribution in [3.8, 4) is 0 Å². The Labute approximate surface area is 102 Å². The van der Waals surface area contributed by atoms with E-state index in [1.165, 1.54) is 0 Å². The van der Waals surface area contributed by atoms with Gasteiger partial charge in [0.05, 0.1) is 0 Å². The molecule has 0 aliphatic heterocycles. The van der Waals surface area contributed by atoms with Crippen molar-refractivity contribution in [3.05, 3.63) is 60.8 Å². The standard InChI is InChI=1S/C16H16O/c17-16-11-5-7-12-6-1-2-8-13(12)14-9-3-4-10-15(14)16/h1-6,8-15H,7H2/b11-5-. The summed E-state index contributed by atoms with van der Waals surface area (Å²) in [5.74, 6) is 1.59. The van der Waals surface area contributed by atoms with Crippen LogP contribution in [0.4, 0.5) is 0 Å². The molecule has 0 saturated carbocycles. The molecule has 0 heterocycles. The summed E-state index contributed by atoms with van der Waals surface area (Å²) in [6.07, 6.45) is 21.8. The summed E-state index contributed by atoms with van der Waals surface area (Å²) in [4.78, 5) is 12.1. The van der Waals surface area contributed by atoms with Crippen molar-refractivity contribution in [2.45, 2.75) is 6.42 Å². The highest BCUT2D eigenvalue weighted by Gasteiger charge is 2.34. The van der Waals surface area contributed by atoms with Crippen molar-refractivity contribution < 1.29 is 4.79 Å². The van der Waals surface area contributed by atoms with E-state index >= 15 is 0 Å². The van der Waals surface area contributed by atoms with E-state index in [1.54, 1.807) is 6.08 Å². The van der Waals surface area contributed by atoms with Crippen molar-refractivity contribution in [1.82, 2.24) is 0 Å². The molecule has 86 valence electrons. The van der Waals surface area contributed by atoms with Crippen molar-refractivity contribution in [3.63, 3.8) is 0 Å². The van der Waals surface area contributed by atoms with Crippen LogP contribution in [0.1, 0.15) is 6.42 Å². The number of ketones is 1. The largest absolute Gasteiger partial charge is 0.294 e. The van der Waals surface area contributed by atoms with Gasteiger partial charge < -0.3 is 0 Å². The van der Waals surface area contributed by atoms with E-state index in [1.807, 2.05) is 18.2 Å². The van der Waals surface area contributed by atoms with Crippen molar-refractivity contribution in [2.24, 2.45) is 23.7 Å². The van der Waals surface area contributed by atoms with Crippen LogP contribution in [-0.4, -0.2) is 5.78 Å². The van der Waals surface area contributed by atoms with Gasteiger partial charge in [-0.25, -0.2) is 0 Å². The molecule has 4 unspecified atom stereocenters. The molecule has 0 aromatic heterocycles. The van der Waals surface area contributed by atoms with Crippen LogP contribution >= 0.6 is 0 Å². The first kappa shape index (κ1) is 10.5. The number of fused-ring (bicyclic) bond motifs is 3. The lowest BCUT2D eigenvalue weighted by atomic mass is 9.68. The van der Waals surface area contributed by atoms with E-state index in [9.17, 15) is 4.79 Å². The van der Waals surface area contributed by atoms with Crippen molar-refractivity contribution >= 4 is 5.78 Å². The second-order valence-electron chi connectivity index (χ2n) is 4.92. The minimum absolute atomic E-state index is 0.0280. The topological polar surface area (TPSA) is 17.1 Å². The van der Waals surface area contributed by atoms with Gasteiger partial charge in [0.15, 0.2) is 5.78 Å². The molecular weight excluding hydrogens is 208 g/mol. The Bertz CT molecular complexity index is 462. The van der Waals surface area contributed by atoms with Gasteiger partial charge in [0.2, 0.25) is 0 Å². The maximum Gasteiger partial charge on any atom is 0.162 e. The minimum Gasteiger partial charge on any atom is -0.294 e. The molecule has 1 nitrogen and oxygen atoms in total. The fourth-order valence-corrected chi connectivity index (χ4v) is 3.05. The summed E-state index contributed by atoms with van der Waals surface area (Å²) in [5, 5.41) is 0. The molecule has 3 aliphatic carbocycles. The smallest absolute Gasteiger partial charge is 0.162 e. The van der Waals surface area contributed by atoms with Crippen molar-refractivity contribution in [2.75, 3.05) is 0 Å². The van der Waals surface area contributed by atoms with Gasteiger partial charge >= 0.3 is 0 Å². The summed E-state index contributed by atoms with van der Waals surface area (Å²) in [5.41, 5.74) is 0.